The number of aromatic amines is 1. The summed E-state index contributed by atoms with van der Waals surface area (Å²) in [6, 6.07) is 13.8. The molecule has 0 bridgehead atoms. The first kappa shape index (κ1) is 12.6. The van der Waals surface area contributed by atoms with Crippen LogP contribution in [-0.2, 0) is 6.54 Å². The minimum absolute atomic E-state index is 0.150. The van der Waals surface area contributed by atoms with E-state index >= 15 is 0 Å². The number of nitrogens with zero attached hydrogens (tertiary/aromatic N) is 1. The third-order valence-electron chi connectivity index (χ3n) is 4.40. The second-order valence-electron chi connectivity index (χ2n) is 5.92. The average molecular weight is 280 g/mol. The van der Waals surface area contributed by atoms with Crippen LogP contribution in [0.5, 0.6) is 0 Å². The van der Waals surface area contributed by atoms with Crippen molar-refractivity contribution in [3.05, 3.63) is 71.2 Å². The van der Waals surface area contributed by atoms with Gasteiger partial charge in [-0.2, -0.15) is 0 Å². The predicted octanol–water partition coefficient (Wildman–Crippen LogP) is 3.88. The number of benzene rings is 2. The number of H-pyrrole nitrogens is 1. The lowest BCUT2D eigenvalue weighted by atomic mass is 9.84. The van der Waals surface area contributed by atoms with Crippen molar-refractivity contribution in [2.24, 2.45) is 0 Å². The highest BCUT2D eigenvalue weighted by Crippen LogP contribution is 2.34. The quantitative estimate of drug-likeness (QED) is 0.716. The predicted molar refractivity (Wildman–Crippen MR) is 82.9 cm³/mol. The Kier molecular flexibility index (Phi) is 2.82. The lowest BCUT2D eigenvalue weighted by Crippen LogP contribution is -2.31. The zero-order chi connectivity index (χ0) is 14.4. The third kappa shape index (κ3) is 2.14. The summed E-state index contributed by atoms with van der Waals surface area (Å²) in [6.07, 6.45) is 1.96. The van der Waals surface area contributed by atoms with Crippen molar-refractivity contribution in [3.63, 3.8) is 0 Å². The van der Waals surface area contributed by atoms with E-state index in [1.165, 1.54) is 16.5 Å². The molecule has 4 rings (SSSR count). The normalized spacial score (nSPS) is 18.9. The summed E-state index contributed by atoms with van der Waals surface area (Å²) in [6.45, 7) is 1.78. The van der Waals surface area contributed by atoms with Gasteiger partial charge in [-0.05, 0) is 53.4 Å². The Morgan fingerprint density at radius 2 is 2.05 bits per heavy atom. The molecule has 0 saturated heterocycles. The van der Waals surface area contributed by atoms with Crippen LogP contribution in [0.4, 0.5) is 4.39 Å². The van der Waals surface area contributed by atoms with E-state index < -0.39 is 0 Å². The zero-order valence-corrected chi connectivity index (χ0v) is 11.9. The van der Waals surface area contributed by atoms with Gasteiger partial charge in [0, 0.05) is 30.7 Å². The SMILES string of the molecule is CN1Cc2cc(F)ccc2C(c2ccc3cc[nH]c3c2)C1. The molecule has 3 heteroatoms. The molecule has 0 aliphatic carbocycles. The van der Waals surface area contributed by atoms with Gasteiger partial charge in [0.1, 0.15) is 5.82 Å². The van der Waals surface area contributed by atoms with Crippen LogP contribution in [0.2, 0.25) is 0 Å². The molecule has 1 unspecified atom stereocenters. The fraction of sp³-hybridized carbons (Fsp3) is 0.222. The second-order valence-corrected chi connectivity index (χ2v) is 5.92. The van der Waals surface area contributed by atoms with Crippen LogP contribution >= 0.6 is 0 Å². The molecular formula is C18H17FN2. The standard InChI is InChI=1S/C18H17FN2/c1-21-10-14-8-15(19)4-5-16(14)17(11-21)13-3-2-12-6-7-20-18(12)9-13/h2-9,17,20H,10-11H2,1H3. The Bertz CT molecular complexity index is 806. The lowest BCUT2D eigenvalue weighted by molar-refractivity contribution is 0.294. The number of hydrogen-bond acceptors (Lipinski definition) is 1. The maximum absolute atomic E-state index is 13.5. The molecule has 2 heterocycles. The van der Waals surface area contributed by atoms with E-state index in [0.717, 1.165) is 24.2 Å². The topological polar surface area (TPSA) is 19.0 Å². The summed E-state index contributed by atoms with van der Waals surface area (Å²) >= 11 is 0. The van der Waals surface area contributed by atoms with E-state index in [1.807, 2.05) is 12.3 Å². The fourth-order valence-corrected chi connectivity index (χ4v) is 3.38. The van der Waals surface area contributed by atoms with Gasteiger partial charge in [0.25, 0.3) is 0 Å². The molecule has 1 aromatic heterocycles. The number of aromatic nitrogens is 1. The Hall–Kier alpha value is -2.13. The van der Waals surface area contributed by atoms with Crippen molar-refractivity contribution in [2.45, 2.75) is 12.5 Å². The molecule has 0 spiro atoms. The van der Waals surface area contributed by atoms with Gasteiger partial charge < -0.3 is 9.88 Å². The summed E-state index contributed by atoms with van der Waals surface area (Å²) in [5, 5.41) is 1.22. The van der Waals surface area contributed by atoms with E-state index in [4.69, 9.17) is 0 Å². The van der Waals surface area contributed by atoms with Gasteiger partial charge in [-0.3, -0.25) is 0 Å². The molecule has 2 nitrogen and oxygen atoms in total. The third-order valence-corrected chi connectivity index (χ3v) is 4.40. The summed E-state index contributed by atoms with van der Waals surface area (Å²) in [4.78, 5) is 5.53. The molecule has 0 fully saturated rings. The Labute approximate surface area is 123 Å². The van der Waals surface area contributed by atoms with Crippen LogP contribution in [-0.4, -0.2) is 23.5 Å². The van der Waals surface area contributed by atoms with Crippen molar-refractivity contribution in [2.75, 3.05) is 13.6 Å². The van der Waals surface area contributed by atoms with Crippen LogP contribution in [0.15, 0.2) is 48.7 Å². The second kappa shape index (κ2) is 4.71. The van der Waals surface area contributed by atoms with E-state index in [-0.39, 0.29) is 5.82 Å². The summed E-state index contributed by atoms with van der Waals surface area (Å²) in [5.41, 5.74) is 4.79. The average Bonchev–Trinajstić information content (AvgIpc) is 2.93. The Morgan fingerprint density at radius 3 is 2.95 bits per heavy atom. The Morgan fingerprint density at radius 1 is 1.14 bits per heavy atom. The van der Waals surface area contributed by atoms with Crippen LogP contribution < -0.4 is 0 Å². The fourth-order valence-electron chi connectivity index (χ4n) is 3.38. The van der Waals surface area contributed by atoms with Crippen molar-refractivity contribution >= 4 is 10.9 Å². The van der Waals surface area contributed by atoms with Gasteiger partial charge in [0.05, 0.1) is 0 Å². The lowest BCUT2D eigenvalue weighted by Gasteiger charge is -2.32. The minimum atomic E-state index is -0.150. The van der Waals surface area contributed by atoms with Gasteiger partial charge in [0.15, 0.2) is 0 Å². The van der Waals surface area contributed by atoms with Gasteiger partial charge in [-0.1, -0.05) is 18.2 Å². The molecule has 0 saturated carbocycles. The minimum Gasteiger partial charge on any atom is -0.361 e. The molecule has 3 aromatic rings. The maximum atomic E-state index is 13.5. The van der Waals surface area contributed by atoms with E-state index in [9.17, 15) is 4.39 Å². The van der Waals surface area contributed by atoms with Crippen molar-refractivity contribution in [1.82, 2.24) is 9.88 Å². The van der Waals surface area contributed by atoms with E-state index in [1.54, 1.807) is 12.1 Å². The van der Waals surface area contributed by atoms with E-state index in [2.05, 4.69) is 41.2 Å². The van der Waals surface area contributed by atoms with Gasteiger partial charge in [-0.25, -0.2) is 4.39 Å². The monoisotopic (exact) mass is 280 g/mol. The Balaban J connectivity index is 1.84. The van der Waals surface area contributed by atoms with Crippen LogP contribution in [0.25, 0.3) is 10.9 Å². The maximum Gasteiger partial charge on any atom is 0.123 e. The van der Waals surface area contributed by atoms with Gasteiger partial charge in [-0.15, -0.1) is 0 Å². The van der Waals surface area contributed by atoms with Gasteiger partial charge >= 0.3 is 0 Å². The highest BCUT2D eigenvalue weighted by atomic mass is 19.1. The summed E-state index contributed by atoms with van der Waals surface area (Å²) in [7, 11) is 2.09. The molecule has 1 atom stereocenters. The number of fused-ring (bicyclic) bond motifs is 2. The van der Waals surface area contributed by atoms with Crippen molar-refractivity contribution in [1.29, 1.82) is 0 Å². The molecule has 21 heavy (non-hydrogen) atoms. The molecule has 2 aromatic carbocycles. The molecule has 1 N–H and O–H groups in total. The number of hydrogen-bond donors (Lipinski definition) is 1. The summed E-state index contributed by atoms with van der Waals surface area (Å²) in [5.74, 6) is 0.148. The zero-order valence-electron chi connectivity index (χ0n) is 11.9. The number of nitrogens with one attached hydrogen (secondary N) is 1. The van der Waals surface area contributed by atoms with Crippen LogP contribution in [0.1, 0.15) is 22.6 Å². The molecule has 0 amide bonds. The number of likely N-dealkylation sites (N-methyl/N-ethyl adjacent to an activating group) is 1. The first-order valence-corrected chi connectivity index (χ1v) is 7.24. The number of rotatable bonds is 1. The van der Waals surface area contributed by atoms with Gasteiger partial charge in [0.2, 0.25) is 0 Å². The first-order chi connectivity index (χ1) is 10.2. The number of halogens is 1. The first-order valence-electron chi connectivity index (χ1n) is 7.24. The highest BCUT2D eigenvalue weighted by molar-refractivity contribution is 5.80. The van der Waals surface area contributed by atoms with Crippen molar-refractivity contribution in [3.8, 4) is 0 Å². The van der Waals surface area contributed by atoms with Crippen LogP contribution in [0, 0.1) is 5.82 Å². The van der Waals surface area contributed by atoms with E-state index in [0.29, 0.717) is 5.92 Å². The summed E-state index contributed by atoms with van der Waals surface area (Å²) < 4.78 is 13.5. The largest absolute Gasteiger partial charge is 0.361 e. The van der Waals surface area contributed by atoms with Crippen LogP contribution in [0.3, 0.4) is 0 Å². The molecule has 106 valence electrons. The van der Waals surface area contributed by atoms with Crippen molar-refractivity contribution < 1.29 is 4.39 Å². The molecule has 1 aliphatic heterocycles. The molecular weight excluding hydrogens is 263 g/mol. The molecule has 0 radical (unpaired) electrons. The smallest absolute Gasteiger partial charge is 0.123 e. The highest BCUT2D eigenvalue weighted by Gasteiger charge is 2.25. The molecule has 1 aliphatic rings.